The first kappa shape index (κ1) is 14.1. The van der Waals surface area contributed by atoms with Crippen molar-refractivity contribution in [3.05, 3.63) is 35.4 Å². The molecule has 1 aromatic rings. The highest BCUT2D eigenvalue weighted by Crippen LogP contribution is 2.11. The molecule has 0 saturated heterocycles. The molecular formula is C13H19F2NO. The van der Waals surface area contributed by atoms with Gasteiger partial charge >= 0.3 is 0 Å². The third-order valence-electron chi connectivity index (χ3n) is 2.43. The van der Waals surface area contributed by atoms with E-state index in [-0.39, 0.29) is 12.1 Å². The van der Waals surface area contributed by atoms with E-state index in [2.05, 4.69) is 12.2 Å². The third-order valence-corrected chi connectivity index (χ3v) is 2.43. The summed E-state index contributed by atoms with van der Waals surface area (Å²) in [5, 5.41) is 2.96. The van der Waals surface area contributed by atoms with Crippen LogP contribution in [0.2, 0.25) is 0 Å². The molecule has 96 valence electrons. The van der Waals surface area contributed by atoms with E-state index < -0.39 is 11.6 Å². The summed E-state index contributed by atoms with van der Waals surface area (Å²) in [6, 6.07) is 3.89. The lowest BCUT2D eigenvalue weighted by Crippen LogP contribution is -2.20. The fourth-order valence-electron chi connectivity index (χ4n) is 1.41. The smallest absolute Gasteiger partial charge is 0.130 e. The number of nitrogens with one attached hydrogen (secondary N) is 1. The SMILES string of the molecule is CCCCOCCNCc1c(F)cccc1F. The number of halogens is 2. The maximum Gasteiger partial charge on any atom is 0.130 e. The lowest BCUT2D eigenvalue weighted by atomic mass is 10.2. The molecule has 2 nitrogen and oxygen atoms in total. The second-order valence-electron chi connectivity index (χ2n) is 3.84. The minimum atomic E-state index is -0.510. The van der Waals surface area contributed by atoms with Gasteiger partial charge < -0.3 is 10.1 Å². The number of ether oxygens (including phenoxy) is 1. The number of hydrogen-bond acceptors (Lipinski definition) is 2. The summed E-state index contributed by atoms with van der Waals surface area (Å²) in [6.45, 7) is 4.19. The Morgan fingerprint density at radius 2 is 1.88 bits per heavy atom. The van der Waals surface area contributed by atoms with Crippen molar-refractivity contribution in [2.24, 2.45) is 0 Å². The van der Waals surface area contributed by atoms with Gasteiger partial charge in [-0.3, -0.25) is 0 Å². The molecule has 0 amide bonds. The van der Waals surface area contributed by atoms with Crippen LogP contribution in [0, 0.1) is 11.6 Å². The molecule has 0 fully saturated rings. The Bertz CT molecular complexity index is 311. The molecule has 0 heterocycles. The van der Waals surface area contributed by atoms with Crippen molar-refractivity contribution in [1.29, 1.82) is 0 Å². The van der Waals surface area contributed by atoms with Crippen LogP contribution >= 0.6 is 0 Å². The molecule has 17 heavy (non-hydrogen) atoms. The Hall–Kier alpha value is -1.00. The van der Waals surface area contributed by atoms with Gasteiger partial charge in [0.15, 0.2) is 0 Å². The van der Waals surface area contributed by atoms with Crippen molar-refractivity contribution in [2.45, 2.75) is 26.3 Å². The molecule has 4 heteroatoms. The van der Waals surface area contributed by atoms with Crippen LogP contribution in [0.5, 0.6) is 0 Å². The van der Waals surface area contributed by atoms with Crippen molar-refractivity contribution in [2.75, 3.05) is 19.8 Å². The Balaban J connectivity index is 2.18. The lowest BCUT2D eigenvalue weighted by molar-refractivity contribution is 0.132. The van der Waals surface area contributed by atoms with Crippen LogP contribution in [0.25, 0.3) is 0 Å². The molecule has 0 aliphatic heterocycles. The topological polar surface area (TPSA) is 21.3 Å². The van der Waals surface area contributed by atoms with Crippen molar-refractivity contribution < 1.29 is 13.5 Å². The van der Waals surface area contributed by atoms with E-state index in [0.717, 1.165) is 19.4 Å². The molecule has 0 unspecified atom stereocenters. The predicted octanol–water partition coefficient (Wildman–Crippen LogP) is 2.87. The average Bonchev–Trinajstić information content (AvgIpc) is 2.31. The monoisotopic (exact) mass is 243 g/mol. The Labute approximate surface area is 101 Å². The van der Waals surface area contributed by atoms with E-state index in [4.69, 9.17) is 4.74 Å². The largest absolute Gasteiger partial charge is 0.380 e. The standard InChI is InChI=1S/C13H19F2NO/c1-2-3-8-17-9-7-16-10-11-12(14)5-4-6-13(11)15/h4-6,16H,2-3,7-10H2,1H3. The first-order chi connectivity index (χ1) is 8.25. The van der Waals surface area contributed by atoms with E-state index in [0.29, 0.717) is 13.2 Å². The van der Waals surface area contributed by atoms with E-state index in [9.17, 15) is 8.78 Å². The van der Waals surface area contributed by atoms with Crippen LogP contribution < -0.4 is 5.32 Å². The van der Waals surface area contributed by atoms with E-state index >= 15 is 0 Å². The molecule has 0 bridgehead atoms. The van der Waals surface area contributed by atoms with Gasteiger partial charge in [0, 0.05) is 25.3 Å². The number of benzene rings is 1. The van der Waals surface area contributed by atoms with Crippen molar-refractivity contribution >= 4 is 0 Å². The van der Waals surface area contributed by atoms with Crippen LogP contribution in [-0.4, -0.2) is 19.8 Å². The minimum absolute atomic E-state index is 0.0843. The van der Waals surface area contributed by atoms with Gasteiger partial charge in [0.1, 0.15) is 11.6 Å². The van der Waals surface area contributed by atoms with Gasteiger partial charge in [-0.25, -0.2) is 8.78 Å². The highest BCUT2D eigenvalue weighted by molar-refractivity contribution is 5.19. The molecule has 0 aliphatic rings. The van der Waals surface area contributed by atoms with Crippen LogP contribution in [-0.2, 0) is 11.3 Å². The average molecular weight is 243 g/mol. The first-order valence-corrected chi connectivity index (χ1v) is 5.97. The van der Waals surface area contributed by atoms with Gasteiger partial charge in [-0.1, -0.05) is 19.4 Å². The van der Waals surface area contributed by atoms with Gasteiger partial charge in [0.05, 0.1) is 6.61 Å². The third kappa shape index (κ3) is 5.24. The summed E-state index contributed by atoms with van der Waals surface area (Å²) in [6.07, 6.45) is 2.15. The van der Waals surface area contributed by atoms with Gasteiger partial charge in [0.2, 0.25) is 0 Å². The molecule has 1 aromatic carbocycles. The Morgan fingerprint density at radius 1 is 1.18 bits per heavy atom. The maximum absolute atomic E-state index is 13.2. The second kappa shape index (κ2) is 8.14. The summed E-state index contributed by atoms with van der Waals surface area (Å²) in [7, 11) is 0. The Kier molecular flexibility index (Phi) is 6.74. The lowest BCUT2D eigenvalue weighted by Gasteiger charge is -2.07. The van der Waals surface area contributed by atoms with E-state index in [1.807, 2.05) is 0 Å². The summed E-state index contributed by atoms with van der Waals surface area (Å²) >= 11 is 0. The number of hydrogen-bond donors (Lipinski definition) is 1. The molecule has 0 aliphatic carbocycles. The van der Waals surface area contributed by atoms with E-state index in [1.165, 1.54) is 18.2 Å². The molecular weight excluding hydrogens is 224 g/mol. The highest BCUT2D eigenvalue weighted by Gasteiger charge is 2.06. The fraction of sp³-hybridized carbons (Fsp3) is 0.538. The van der Waals surface area contributed by atoms with Gasteiger partial charge in [-0.2, -0.15) is 0 Å². The van der Waals surface area contributed by atoms with Crippen molar-refractivity contribution in [3.8, 4) is 0 Å². The summed E-state index contributed by atoms with van der Waals surface area (Å²) in [4.78, 5) is 0. The van der Waals surface area contributed by atoms with Crippen molar-refractivity contribution in [1.82, 2.24) is 5.32 Å². The first-order valence-electron chi connectivity index (χ1n) is 5.97. The van der Waals surface area contributed by atoms with Crippen LogP contribution in [0.4, 0.5) is 8.78 Å². The molecule has 0 saturated carbocycles. The fourth-order valence-corrected chi connectivity index (χ4v) is 1.41. The van der Waals surface area contributed by atoms with Gasteiger partial charge in [-0.15, -0.1) is 0 Å². The maximum atomic E-state index is 13.2. The zero-order valence-corrected chi connectivity index (χ0v) is 10.1. The molecule has 0 atom stereocenters. The van der Waals surface area contributed by atoms with Crippen LogP contribution in [0.15, 0.2) is 18.2 Å². The van der Waals surface area contributed by atoms with Crippen LogP contribution in [0.1, 0.15) is 25.3 Å². The predicted molar refractivity (Wildman–Crippen MR) is 63.8 cm³/mol. The van der Waals surface area contributed by atoms with Gasteiger partial charge in [-0.05, 0) is 18.6 Å². The van der Waals surface area contributed by atoms with Gasteiger partial charge in [0.25, 0.3) is 0 Å². The summed E-state index contributed by atoms with van der Waals surface area (Å²) in [5.41, 5.74) is 0.0843. The van der Waals surface area contributed by atoms with Crippen LogP contribution in [0.3, 0.4) is 0 Å². The summed E-state index contributed by atoms with van der Waals surface area (Å²) < 4.78 is 31.8. The molecule has 0 spiro atoms. The Morgan fingerprint density at radius 3 is 2.53 bits per heavy atom. The van der Waals surface area contributed by atoms with Crippen molar-refractivity contribution in [3.63, 3.8) is 0 Å². The highest BCUT2D eigenvalue weighted by atomic mass is 19.1. The summed E-state index contributed by atoms with van der Waals surface area (Å²) in [5.74, 6) is -1.02. The normalized spacial score (nSPS) is 10.8. The zero-order chi connectivity index (χ0) is 12.5. The number of unbranched alkanes of at least 4 members (excludes halogenated alkanes) is 1. The zero-order valence-electron chi connectivity index (χ0n) is 10.1. The molecule has 1 rings (SSSR count). The minimum Gasteiger partial charge on any atom is -0.380 e. The molecule has 0 radical (unpaired) electrons. The quantitative estimate of drug-likeness (QED) is 0.709. The molecule has 1 N–H and O–H groups in total. The van der Waals surface area contributed by atoms with E-state index in [1.54, 1.807) is 0 Å². The number of rotatable bonds is 8. The second-order valence-corrected chi connectivity index (χ2v) is 3.84. The molecule has 0 aromatic heterocycles.